The Bertz CT molecular complexity index is 1540. The number of aromatic nitrogens is 3. The Balaban J connectivity index is 1.34. The molecule has 2 aliphatic rings. The van der Waals surface area contributed by atoms with Crippen molar-refractivity contribution in [3.8, 4) is 11.5 Å². The first-order valence-corrected chi connectivity index (χ1v) is 14.1. The Morgan fingerprint density at radius 2 is 1.95 bits per heavy atom. The van der Waals surface area contributed by atoms with E-state index in [0.717, 1.165) is 47.0 Å². The molecule has 3 heterocycles. The molecule has 2 aromatic carbocycles. The van der Waals surface area contributed by atoms with Crippen LogP contribution < -0.4 is 0 Å². The van der Waals surface area contributed by atoms with E-state index in [1.54, 1.807) is 11.1 Å². The molecule has 1 atom stereocenters. The standard InChI is InChI=1S/C29H33N5O2S/c1-29(2,3)37(36)30-12-14-33-13-11-20-15-25-23(17-22(20)28(33)35)31-27(32(25)4)26-16-21-7-5-6-8-24(21)34(26)18-19-9-10-19/h5-8,12,15-17,19H,9-11,13-14,18H2,1-4H3/t37-/m1/s1. The first kappa shape index (κ1) is 24.2. The number of hydrogen-bond donors (Lipinski definition) is 0. The summed E-state index contributed by atoms with van der Waals surface area (Å²) in [5.41, 5.74) is 6.00. The van der Waals surface area contributed by atoms with E-state index in [4.69, 9.17) is 4.98 Å². The molecule has 1 aliphatic heterocycles. The second-order valence-corrected chi connectivity index (χ2v) is 13.2. The van der Waals surface area contributed by atoms with E-state index < -0.39 is 16.1 Å². The van der Waals surface area contributed by atoms with Crippen molar-refractivity contribution in [1.29, 1.82) is 0 Å². The molecule has 1 aliphatic carbocycles. The molecular weight excluding hydrogens is 482 g/mol. The maximum Gasteiger partial charge on any atom is 0.254 e. The summed E-state index contributed by atoms with van der Waals surface area (Å²) in [4.78, 5) is 20.2. The van der Waals surface area contributed by atoms with Crippen LogP contribution in [0.1, 0.15) is 49.5 Å². The number of carbonyl (C=O) groups is 1. The molecule has 0 N–H and O–H groups in total. The van der Waals surface area contributed by atoms with E-state index in [1.165, 1.54) is 23.7 Å². The fourth-order valence-corrected chi connectivity index (χ4v) is 5.64. The molecule has 37 heavy (non-hydrogen) atoms. The zero-order valence-corrected chi connectivity index (χ0v) is 22.7. The van der Waals surface area contributed by atoms with Crippen molar-refractivity contribution in [3.05, 3.63) is 53.6 Å². The number of amides is 1. The SMILES string of the molecule is Cn1c(-c2cc3ccccc3n2CC2CC2)nc2cc3c(cc21)CCN(CC=N[S@+]([O-])C(C)(C)C)C3=O. The van der Waals surface area contributed by atoms with Crippen molar-refractivity contribution in [1.82, 2.24) is 19.0 Å². The third-order valence-electron chi connectivity index (χ3n) is 7.45. The van der Waals surface area contributed by atoms with Crippen LogP contribution in [0.15, 0.2) is 46.9 Å². The van der Waals surface area contributed by atoms with Crippen LogP contribution in [0, 0.1) is 5.92 Å². The number of fused-ring (bicyclic) bond motifs is 3. The third kappa shape index (κ3) is 4.46. The Hall–Kier alpha value is -3.10. The lowest BCUT2D eigenvalue weighted by molar-refractivity contribution is 0.0766. The minimum Gasteiger partial charge on any atom is -0.591 e. The molecule has 1 saturated carbocycles. The average molecular weight is 516 g/mol. The fourth-order valence-electron chi connectivity index (χ4n) is 5.13. The van der Waals surface area contributed by atoms with Gasteiger partial charge in [0.25, 0.3) is 5.91 Å². The molecule has 2 aromatic heterocycles. The van der Waals surface area contributed by atoms with E-state index >= 15 is 0 Å². The van der Waals surface area contributed by atoms with Crippen LogP contribution in [0.4, 0.5) is 0 Å². The molecule has 7 nitrogen and oxygen atoms in total. The molecule has 0 spiro atoms. The van der Waals surface area contributed by atoms with E-state index in [2.05, 4.69) is 57.0 Å². The predicted octanol–water partition coefficient (Wildman–Crippen LogP) is 5.14. The number of carbonyl (C=O) groups excluding carboxylic acids is 1. The quantitative estimate of drug-likeness (QED) is 0.264. The molecule has 0 saturated heterocycles. The summed E-state index contributed by atoms with van der Waals surface area (Å²) in [5.74, 6) is 1.64. The van der Waals surface area contributed by atoms with Gasteiger partial charge in [-0.15, -0.1) is 0 Å². The minimum absolute atomic E-state index is 0.0220. The van der Waals surface area contributed by atoms with Gasteiger partial charge in [-0.3, -0.25) is 4.79 Å². The number of imidazole rings is 1. The lowest BCUT2D eigenvalue weighted by atomic mass is 9.98. The lowest BCUT2D eigenvalue weighted by Gasteiger charge is -2.27. The monoisotopic (exact) mass is 515 g/mol. The van der Waals surface area contributed by atoms with Gasteiger partial charge >= 0.3 is 0 Å². The second-order valence-electron chi connectivity index (χ2n) is 11.3. The van der Waals surface area contributed by atoms with Gasteiger partial charge < -0.3 is 18.6 Å². The van der Waals surface area contributed by atoms with Gasteiger partial charge in [0, 0.05) is 36.6 Å². The summed E-state index contributed by atoms with van der Waals surface area (Å²) >= 11 is -1.33. The molecule has 1 fully saturated rings. The molecule has 0 bridgehead atoms. The Morgan fingerprint density at radius 1 is 1.16 bits per heavy atom. The Labute approximate surface area is 220 Å². The number of para-hydroxylation sites is 1. The molecular formula is C29H33N5O2S. The molecule has 4 aromatic rings. The van der Waals surface area contributed by atoms with Crippen LogP contribution in [-0.4, -0.2) is 53.5 Å². The van der Waals surface area contributed by atoms with Crippen molar-refractivity contribution >= 4 is 45.4 Å². The topological polar surface area (TPSA) is 78.5 Å². The van der Waals surface area contributed by atoms with Gasteiger partial charge in [0.2, 0.25) is 0 Å². The summed E-state index contributed by atoms with van der Waals surface area (Å²) in [6.45, 7) is 7.65. The zero-order valence-electron chi connectivity index (χ0n) is 21.9. The van der Waals surface area contributed by atoms with E-state index in [1.807, 2.05) is 26.8 Å². The molecule has 6 rings (SSSR count). The second kappa shape index (κ2) is 9.03. The third-order valence-corrected chi connectivity index (χ3v) is 8.84. The highest BCUT2D eigenvalue weighted by atomic mass is 32.2. The number of rotatable bonds is 6. The molecule has 1 amide bonds. The minimum atomic E-state index is -1.33. The van der Waals surface area contributed by atoms with Gasteiger partial charge in [-0.2, -0.15) is 0 Å². The smallest absolute Gasteiger partial charge is 0.254 e. The van der Waals surface area contributed by atoms with Gasteiger partial charge in [-0.25, -0.2) is 4.98 Å². The zero-order chi connectivity index (χ0) is 25.9. The lowest BCUT2D eigenvalue weighted by Crippen LogP contribution is -2.39. The normalized spacial score (nSPS) is 17.3. The van der Waals surface area contributed by atoms with E-state index in [0.29, 0.717) is 18.7 Å². The first-order chi connectivity index (χ1) is 17.7. The highest BCUT2D eigenvalue weighted by Gasteiger charge is 2.29. The fraction of sp³-hybridized carbons (Fsp3) is 0.414. The van der Waals surface area contributed by atoms with Crippen molar-refractivity contribution in [2.75, 3.05) is 13.1 Å². The van der Waals surface area contributed by atoms with Crippen molar-refractivity contribution in [3.63, 3.8) is 0 Å². The van der Waals surface area contributed by atoms with Crippen LogP contribution in [0.25, 0.3) is 33.5 Å². The van der Waals surface area contributed by atoms with E-state index in [9.17, 15) is 9.35 Å². The van der Waals surface area contributed by atoms with Gasteiger partial charge in [-0.1, -0.05) is 22.6 Å². The summed E-state index contributed by atoms with van der Waals surface area (Å²) in [6, 6.07) is 14.9. The van der Waals surface area contributed by atoms with Gasteiger partial charge in [0.15, 0.2) is 5.82 Å². The van der Waals surface area contributed by atoms with Gasteiger partial charge in [-0.05, 0) is 75.8 Å². The molecule has 0 unspecified atom stereocenters. The Kier molecular flexibility index (Phi) is 5.92. The highest BCUT2D eigenvalue weighted by molar-refractivity contribution is 7.91. The first-order valence-electron chi connectivity index (χ1n) is 13.0. The summed E-state index contributed by atoms with van der Waals surface area (Å²) in [7, 11) is 2.07. The summed E-state index contributed by atoms with van der Waals surface area (Å²) in [6.07, 6.45) is 4.96. The Morgan fingerprint density at radius 3 is 2.70 bits per heavy atom. The summed E-state index contributed by atoms with van der Waals surface area (Å²) in [5, 5.41) is 1.23. The van der Waals surface area contributed by atoms with Crippen molar-refractivity contribution in [2.45, 2.75) is 51.3 Å². The van der Waals surface area contributed by atoms with Crippen molar-refractivity contribution < 1.29 is 9.35 Å². The van der Waals surface area contributed by atoms with Gasteiger partial charge in [0.1, 0.15) is 16.1 Å². The van der Waals surface area contributed by atoms with Crippen LogP contribution in [0.2, 0.25) is 0 Å². The molecule has 192 valence electrons. The van der Waals surface area contributed by atoms with Crippen molar-refractivity contribution in [2.24, 2.45) is 17.4 Å². The van der Waals surface area contributed by atoms with Crippen LogP contribution in [0.5, 0.6) is 0 Å². The maximum atomic E-state index is 13.3. The summed E-state index contributed by atoms with van der Waals surface area (Å²) < 4.78 is 20.6. The predicted molar refractivity (Wildman–Crippen MR) is 150 cm³/mol. The van der Waals surface area contributed by atoms with Crippen LogP contribution >= 0.6 is 0 Å². The average Bonchev–Trinajstić information content (AvgIpc) is 3.54. The van der Waals surface area contributed by atoms with Crippen LogP contribution in [0.3, 0.4) is 0 Å². The maximum absolute atomic E-state index is 13.3. The number of aryl methyl sites for hydroxylation is 1. The molecule has 8 heteroatoms. The highest BCUT2D eigenvalue weighted by Crippen LogP contribution is 2.37. The van der Waals surface area contributed by atoms with Crippen LogP contribution in [-0.2, 0) is 31.4 Å². The van der Waals surface area contributed by atoms with E-state index in [-0.39, 0.29) is 5.91 Å². The number of nitrogens with zero attached hydrogens (tertiary/aromatic N) is 5. The largest absolute Gasteiger partial charge is 0.591 e. The van der Waals surface area contributed by atoms with Gasteiger partial charge in [0.05, 0.1) is 29.5 Å². The number of benzene rings is 2. The number of hydrogen-bond acceptors (Lipinski definition) is 4. The molecule has 0 radical (unpaired) electrons.